The lowest BCUT2D eigenvalue weighted by Gasteiger charge is -2.22. The van der Waals surface area contributed by atoms with Crippen LogP contribution in [0.5, 0.6) is 0 Å². The first-order valence-corrected chi connectivity index (χ1v) is 5.94. The summed E-state index contributed by atoms with van der Waals surface area (Å²) in [5.41, 5.74) is 7.66. The van der Waals surface area contributed by atoms with Gasteiger partial charge in [-0.05, 0) is 43.0 Å². The zero-order valence-electron chi connectivity index (χ0n) is 9.21. The SMILES string of the molecule is Nc1ccc(NCC2CCCCC2)cc1. The van der Waals surface area contributed by atoms with Crippen LogP contribution < -0.4 is 11.1 Å². The summed E-state index contributed by atoms with van der Waals surface area (Å²) in [7, 11) is 0. The van der Waals surface area contributed by atoms with Crippen molar-refractivity contribution >= 4 is 11.4 Å². The molecular weight excluding hydrogens is 184 g/mol. The second-order valence-electron chi connectivity index (χ2n) is 4.51. The topological polar surface area (TPSA) is 38.0 Å². The number of anilines is 2. The molecule has 1 aromatic rings. The molecular formula is C13H20N2. The lowest BCUT2D eigenvalue weighted by molar-refractivity contribution is 0.373. The quantitative estimate of drug-likeness (QED) is 0.742. The number of benzene rings is 1. The molecule has 1 aliphatic carbocycles. The fourth-order valence-electron chi connectivity index (χ4n) is 2.25. The van der Waals surface area contributed by atoms with E-state index in [0.717, 1.165) is 18.2 Å². The van der Waals surface area contributed by atoms with E-state index in [1.807, 2.05) is 12.1 Å². The van der Waals surface area contributed by atoms with Gasteiger partial charge in [0.25, 0.3) is 0 Å². The van der Waals surface area contributed by atoms with Crippen molar-refractivity contribution in [2.75, 3.05) is 17.6 Å². The Balaban J connectivity index is 1.79. The molecule has 1 aliphatic rings. The van der Waals surface area contributed by atoms with E-state index in [1.54, 1.807) is 0 Å². The Hall–Kier alpha value is -1.18. The summed E-state index contributed by atoms with van der Waals surface area (Å²) in [6.45, 7) is 1.11. The Morgan fingerprint density at radius 1 is 1.07 bits per heavy atom. The maximum absolute atomic E-state index is 5.64. The maximum atomic E-state index is 5.64. The predicted octanol–water partition coefficient (Wildman–Crippen LogP) is 3.26. The van der Waals surface area contributed by atoms with E-state index >= 15 is 0 Å². The van der Waals surface area contributed by atoms with Crippen LogP contribution in [0.25, 0.3) is 0 Å². The van der Waals surface area contributed by atoms with E-state index in [2.05, 4.69) is 17.4 Å². The molecule has 1 saturated carbocycles. The summed E-state index contributed by atoms with van der Waals surface area (Å²) < 4.78 is 0. The van der Waals surface area contributed by atoms with Crippen LogP contribution in [0.3, 0.4) is 0 Å². The fraction of sp³-hybridized carbons (Fsp3) is 0.538. The highest BCUT2D eigenvalue weighted by molar-refractivity contribution is 5.51. The standard InChI is InChI=1S/C13H20N2/c14-12-6-8-13(9-7-12)15-10-11-4-2-1-3-5-11/h6-9,11,15H,1-5,10,14H2. The van der Waals surface area contributed by atoms with Crippen molar-refractivity contribution in [3.63, 3.8) is 0 Å². The monoisotopic (exact) mass is 204 g/mol. The van der Waals surface area contributed by atoms with Gasteiger partial charge in [-0.1, -0.05) is 19.3 Å². The van der Waals surface area contributed by atoms with Crippen LogP contribution in [0.2, 0.25) is 0 Å². The van der Waals surface area contributed by atoms with Crippen LogP contribution in [0.15, 0.2) is 24.3 Å². The molecule has 82 valence electrons. The van der Waals surface area contributed by atoms with Crippen molar-refractivity contribution in [3.05, 3.63) is 24.3 Å². The largest absolute Gasteiger partial charge is 0.399 e. The minimum atomic E-state index is 0.832. The van der Waals surface area contributed by atoms with Crippen molar-refractivity contribution < 1.29 is 0 Å². The van der Waals surface area contributed by atoms with E-state index in [9.17, 15) is 0 Å². The summed E-state index contributed by atoms with van der Waals surface area (Å²) in [5, 5.41) is 3.49. The van der Waals surface area contributed by atoms with Gasteiger partial charge in [-0.25, -0.2) is 0 Å². The number of nitrogens with one attached hydrogen (secondary N) is 1. The smallest absolute Gasteiger partial charge is 0.0341 e. The molecule has 0 aliphatic heterocycles. The molecule has 0 amide bonds. The lowest BCUT2D eigenvalue weighted by atomic mass is 9.89. The molecule has 0 atom stereocenters. The molecule has 0 bridgehead atoms. The Labute approximate surface area is 91.9 Å². The van der Waals surface area contributed by atoms with Crippen LogP contribution in [0, 0.1) is 5.92 Å². The summed E-state index contributed by atoms with van der Waals surface area (Å²) >= 11 is 0. The van der Waals surface area contributed by atoms with Gasteiger partial charge in [0.05, 0.1) is 0 Å². The zero-order valence-corrected chi connectivity index (χ0v) is 9.21. The average molecular weight is 204 g/mol. The van der Waals surface area contributed by atoms with Crippen LogP contribution in [0.1, 0.15) is 32.1 Å². The van der Waals surface area contributed by atoms with Crippen LogP contribution in [-0.4, -0.2) is 6.54 Å². The van der Waals surface area contributed by atoms with Gasteiger partial charge >= 0.3 is 0 Å². The van der Waals surface area contributed by atoms with Crippen molar-refractivity contribution in [1.82, 2.24) is 0 Å². The molecule has 0 saturated heterocycles. The van der Waals surface area contributed by atoms with Gasteiger partial charge in [0.15, 0.2) is 0 Å². The van der Waals surface area contributed by atoms with E-state index < -0.39 is 0 Å². The summed E-state index contributed by atoms with van der Waals surface area (Å²) in [5.74, 6) is 0.872. The van der Waals surface area contributed by atoms with E-state index in [4.69, 9.17) is 5.73 Å². The first kappa shape index (κ1) is 10.3. The number of nitrogens with two attached hydrogens (primary N) is 1. The van der Waals surface area contributed by atoms with Gasteiger partial charge in [-0.2, -0.15) is 0 Å². The molecule has 0 heterocycles. The molecule has 3 N–H and O–H groups in total. The normalized spacial score (nSPS) is 17.6. The third kappa shape index (κ3) is 3.15. The number of hydrogen-bond donors (Lipinski definition) is 2. The third-order valence-electron chi connectivity index (χ3n) is 3.23. The second-order valence-corrected chi connectivity index (χ2v) is 4.51. The fourth-order valence-corrected chi connectivity index (χ4v) is 2.25. The first-order chi connectivity index (χ1) is 7.34. The average Bonchev–Trinajstić information content (AvgIpc) is 2.30. The van der Waals surface area contributed by atoms with Crippen molar-refractivity contribution in [1.29, 1.82) is 0 Å². The highest BCUT2D eigenvalue weighted by atomic mass is 14.9. The molecule has 1 fully saturated rings. The molecule has 15 heavy (non-hydrogen) atoms. The van der Waals surface area contributed by atoms with Gasteiger partial charge in [0, 0.05) is 17.9 Å². The Bertz CT molecular complexity index is 286. The van der Waals surface area contributed by atoms with E-state index in [1.165, 1.54) is 37.8 Å². The third-order valence-corrected chi connectivity index (χ3v) is 3.23. The molecule has 2 nitrogen and oxygen atoms in total. The Morgan fingerprint density at radius 3 is 2.40 bits per heavy atom. The van der Waals surface area contributed by atoms with Crippen LogP contribution in [0.4, 0.5) is 11.4 Å². The van der Waals surface area contributed by atoms with Gasteiger partial charge in [-0.3, -0.25) is 0 Å². The molecule has 1 aromatic carbocycles. The van der Waals surface area contributed by atoms with Crippen molar-refractivity contribution in [3.8, 4) is 0 Å². The molecule has 2 heteroatoms. The van der Waals surface area contributed by atoms with Gasteiger partial charge < -0.3 is 11.1 Å². The molecule has 0 spiro atoms. The number of hydrogen-bond acceptors (Lipinski definition) is 2. The van der Waals surface area contributed by atoms with Gasteiger partial charge in [-0.15, -0.1) is 0 Å². The van der Waals surface area contributed by atoms with Gasteiger partial charge in [0.2, 0.25) is 0 Å². The van der Waals surface area contributed by atoms with Crippen molar-refractivity contribution in [2.45, 2.75) is 32.1 Å². The predicted molar refractivity (Wildman–Crippen MR) is 65.9 cm³/mol. The zero-order chi connectivity index (χ0) is 10.5. The second kappa shape index (κ2) is 5.06. The van der Waals surface area contributed by atoms with Crippen molar-refractivity contribution in [2.24, 2.45) is 5.92 Å². The summed E-state index contributed by atoms with van der Waals surface area (Å²) in [6, 6.07) is 8.00. The summed E-state index contributed by atoms with van der Waals surface area (Å²) in [6.07, 6.45) is 7.03. The molecule has 2 rings (SSSR count). The minimum absolute atomic E-state index is 0.832. The Morgan fingerprint density at radius 2 is 1.73 bits per heavy atom. The number of nitrogen functional groups attached to an aromatic ring is 1. The van der Waals surface area contributed by atoms with E-state index in [0.29, 0.717) is 0 Å². The van der Waals surface area contributed by atoms with Gasteiger partial charge in [0.1, 0.15) is 0 Å². The minimum Gasteiger partial charge on any atom is -0.399 e. The molecule has 0 aromatic heterocycles. The highest BCUT2D eigenvalue weighted by Crippen LogP contribution is 2.24. The van der Waals surface area contributed by atoms with Crippen LogP contribution in [-0.2, 0) is 0 Å². The first-order valence-electron chi connectivity index (χ1n) is 5.94. The molecule has 0 radical (unpaired) electrons. The Kier molecular flexibility index (Phi) is 3.49. The lowest BCUT2D eigenvalue weighted by Crippen LogP contribution is -2.16. The van der Waals surface area contributed by atoms with Crippen LogP contribution >= 0.6 is 0 Å². The molecule has 0 unspecified atom stereocenters. The summed E-state index contributed by atoms with van der Waals surface area (Å²) in [4.78, 5) is 0. The van der Waals surface area contributed by atoms with E-state index in [-0.39, 0.29) is 0 Å². The number of rotatable bonds is 3. The maximum Gasteiger partial charge on any atom is 0.0341 e. The highest BCUT2D eigenvalue weighted by Gasteiger charge is 2.12.